The minimum Gasteiger partial charge on any atom is -0.370 e. The van der Waals surface area contributed by atoms with Gasteiger partial charge in [0.1, 0.15) is 0 Å². The van der Waals surface area contributed by atoms with E-state index in [1.54, 1.807) is 0 Å². The maximum atomic E-state index is 5.77. The fraction of sp³-hybridized carbons (Fsp3) is 0.500. The molecule has 0 saturated heterocycles. The monoisotopic (exact) mass is 248 g/mol. The molecule has 0 radical (unpaired) electrons. The summed E-state index contributed by atoms with van der Waals surface area (Å²) < 4.78 is 0. The Kier molecular flexibility index (Phi) is 6.05. The Morgan fingerprint density at radius 3 is 2.67 bits per heavy atom. The van der Waals surface area contributed by atoms with Crippen molar-refractivity contribution in [1.29, 1.82) is 0 Å². The highest BCUT2D eigenvalue weighted by Gasteiger charge is 2.08. The molecule has 1 rings (SSSR count). The molecule has 1 unspecified atom stereocenters. The fourth-order valence-corrected chi connectivity index (χ4v) is 1.58. The summed E-state index contributed by atoms with van der Waals surface area (Å²) in [7, 11) is 2.07. The number of likely N-dealkylation sites (N-methyl/N-ethyl adjacent to an activating group) is 1. The summed E-state index contributed by atoms with van der Waals surface area (Å²) in [5.74, 6) is 0.533. The predicted octanol–water partition coefficient (Wildman–Crippen LogP) is 1.83. The van der Waals surface area contributed by atoms with Crippen molar-refractivity contribution in [3.05, 3.63) is 30.3 Å². The molecule has 0 bridgehead atoms. The van der Waals surface area contributed by atoms with Crippen LogP contribution in [0.15, 0.2) is 35.3 Å². The number of nitrogens with one attached hydrogen (secondary N) is 1. The Morgan fingerprint density at radius 1 is 1.39 bits per heavy atom. The molecule has 0 spiro atoms. The summed E-state index contributed by atoms with van der Waals surface area (Å²) in [5.41, 5.74) is 6.96. The fourth-order valence-electron chi connectivity index (χ4n) is 1.58. The number of nitrogens with zero attached hydrogens (tertiary/aromatic N) is 2. The molecule has 1 aromatic rings. The first-order valence-electron chi connectivity index (χ1n) is 6.46. The van der Waals surface area contributed by atoms with Gasteiger partial charge in [-0.05, 0) is 25.5 Å². The van der Waals surface area contributed by atoms with Gasteiger partial charge in [-0.15, -0.1) is 0 Å². The second kappa shape index (κ2) is 7.58. The van der Waals surface area contributed by atoms with Crippen LogP contribution in [0, 0.1) is 0 Å². The standard InChI is InChI=1S/C14H24N4/c1-4-10-16-14(15)17-11-12(2)18(3)13-8-6-5-7-9-13/h5-9,12H,4,10-11H2,1-3H3,(H3,15,16,17). The average molecular weight is 248 g/mol. The zero-order chi connectivity index (χ0) is 13.4. The molecule has 0 aliphatic carbocycles. The van der Waals surface area contributed by atoms with Crippen molar-refractivity contribution in [2.75, 3.05) is 25.0 Å². The molecule has 0 aromatic heterocycles. The molecule has 0 saturated carbocycles. The lowest BCUT2D eigenvalue weighted by Gasteiger charge is -2.25. The maximum Gasteiger partial charge on any atom is 0.188 e. The quantitative estimate of drug-likeness (QED) is 0.596. The maximum absolute atomic E-state index is 5.77. The van der Waals surface area contributed by atoms with Crippen molar-refractivity contribution in [3.8, 4) is 0 Å². The van der Waals surface area contributed by atoms with Crippen molar-refractivity contribution in [2.45, 2.75) is 26.3 Å². The first-order valence-corrected chi connectivity index (χ1v) is 6.46. The topological polar surface area (TPSA) is 53.6 Å². The van der Waals surface area contributed by atoms with E-state index in [9.17, 15) is 0 Å². The van der Waals surface area contributed by atoms with Gasteiger partial charge >= 0.3 is 0 Å². The van der Waals surface area contributed by atoms with E-state index in [4.69, 9.17) is 5.73 Å². The van der Waals surface area contributed by atoms with Gasteiger partial charge in [0.15, 0.2) is 5.96 Å². The van der Waals surface area contributed by atoms with E-state index in [0.717, 1.165) is 13.0 Å². The summed E-state index contributed by atoms with van der Waals surface area (Å²) in [6.07, 6.45) is 1.05. The van der Waals surface area contributed by atoms with E-state index in [1.165, 1.54) is 5.69 Å². The number of para-hydroxylation sites is 1. The Hall–Kier alpha value is -1.71. The highest BCUT2D eigenvalue weighted by molar-refractivity contribution is 5.77. The summed E-state index contributed by atoms with van der Waals surface area (Å²) in [6, 6.07) is 10.6. The molecule has 0 aliphatic rings. The Bertz CT molecular complexity index is 361. The van der Waals surface area contributed by atoms with Gasteiger partial charge in [0, 0.05) is 25.3 Å². The second-order valence-corrected chi connectivity index (χ2v) is 4.45. The number of hydrogen-bond acceptors (Lipinski definition) is 2. The lowest BCUT2D eigenvalue weighted by molar-refractivity contribution is 0.691. The smallest absolute Gasteiger partial charge is 0.188 e. The third-order valence-corrected chi connectivity index (χ3v) is 2.91. The molecular formula is C14H24N4. The lowest BCUT2D eigenvalue weighted by atomic mass is 10.2. The third kappa shape index (κ3) is 4.65. The number of nitrogens with two attached hydrogens (primary N) is 1. The van der Waals surface area contributed by atoms with Crippen LogP contribution in [-0.4, -0.2) is 32.1 Å². The largest absolute Gasteiger partial charge is 0.370 e. The molecule has 0 heterocycles. The third-order valence-electron chi connectivity index (χ3n) is 2.91. The van der Waals surface area contributed by atoms with E-state index in [1.807, 2.05) is 18.2 Å². The molecule has 1 atom stereocenters. The Morgan fingerprint density at radius 2 is 2.06 bits per heavy atom. The van der Waals surface area contributed by atoms with Crippen LogP contribution in [0.2, 0.25) is 0 Å². The van der Waals surface area contributed by atoms with Gasteiger partial charge in [0.05, 0.1) is 6.54 Å². The minimum absolute atomic E-state index is 0.314. The van der Waals surface area contributed by atoms with Gasteiger partial charge in [-0.2, -0.15) is 0 Å². The Balaban J connectivity index is 2.48. The van der Waals surface area contributed by atoms with Crippen molar-refractivity contribution in [1.82, 2.24) is 5.32 Å². The van der Waals surface area contributed by atoms with E-state index in [0.29, 0.717) is 18.5 Å². The van der Waals surface area contributed by atoms with Crippen LogP contribution >= 0.6 is 0 Å². The van der Waals surface area contributed by atoms with E-state index >= 15 is 0 Å². The summed E-state index contributed by atoms with van der Waals surface area (Å²) in [5, 5.41) is 3.08. The van der Waals surface area contributed by atoms with Crippen LogP contribution in [0.4, 0.5) is 5.69 Å². The van der Waals surface area contributed by atoms with Crippen LogP contribution < -0.4 is 16.0 Å². The molecule has 4 nitrogen and oxygen atoms in total. The van der Waals surface area contributed by atoms with Gasteiger partial charge in [-0.3, -0.25) is 4.99 Å². The van der Waals surface area contributed by atoms with Gasteiger partial charge in [0.25, 0.3) is 0 Å². The van der Waals surface area contributed by atoms with Gasteiger partial charge < -0.3 is 16.0 Å². The van der Waals surface area contributed by atoms with Crippen LogP contribution in [0.25, 0.3) is 0 Å². The molecule has 1 aromatic carbocycles. The normalized spacial score (nSPS) is 13.2. The lowest BCUT2D eigenvalue weighted by Crippen LogP contribution is -2.36. The van der Waals surface area contributed by atoms with Gasteiger partial charge in [-0.1, -0.05) is 25.1 Å². The van der Waals surface area contributed by atoms with Crippen LogP contribution in [0.1, 0.15) is 20.3 Å². The SMILES string of the molecule is CCCNC(N)=NCC(C)N(C)c1ccccc1. The number of rotatable bonds is 6. The van der Waals surface area contributed by atoms with E-state index < -0.39 is 0 Å². The van der Waals surface area contributed by atoms with Gasteiger partial charge in [-0.25, -0.2) is 0 Å². The van der Waals surface area contributed by atoms with Crippen molar-refractivity contribution < 1.29 is 0 Å². The molecule has 0 amide bonds. The number of guanidine groups is 1. The number of benzene rings is 1. The highest BCUT2D eigenvalue weighted by atomic mass is 15.2. The molecule has 100 valence electrons. The molecule has 4 heteroatoms. The first kappa shape index (κ1) is 14.4. The second-order valence-electron chi connectivity index (χ2n) is 4.45. The highest BCUT2D eigenvalue weighted by Crippen LogP contribution is 2.13. The van der Waals surface area contributed by atoms with E-state index in [2.05, 4.69) is 48.2 Å². The molecule has 0 fully saturated rings. The molecule has 0 aliphatic heterocycles. The molecule has 18 heavy (non-hydrogen) atoms. The zero-order valence-corrected chi connectivity index (χ0v) is 11.6. The molecular weight excluding hydrogens is 224 g/mol. The summed E-state index contributed by atoms with van der Waals surface area (Å²) in [4.78, 5) is 6.55. The van der Waals surface area contributed by atoms with E-state index in [-0.39, 0.29) is 0 Å². The average Bonchev–Trinajstić information content (AvgIpc) is 2.42. The number of anilines is 1. The number of hydrogen-bond donors (Lipinski definition) is 2. The van der Waals surface area contributed by atoms with Crippen LogP contribution in [-0.2, 0) is 0 Å². The van der Waals surface area contributed by atoms with Crippen molar-refractivity contribution in [3.63, 3.8) is 0 Å². The molecule has 3 N–H and O–H groups in total. The first-order chi connectivity index (χ1) is 8.65. The van der Waals surface area contributed by atoms with Crippen LogP contribution in [0.3, 0.4) is 0 Å². The zero-order valence-electron chi connectivity index (χ0n) is 11.6. The minimum atomic E-state index is 0.314. The van der Waals surface area contributed by atoms with Crippen molar-refractivity contribution >= 4 is 11.6 Å². The van der Waals surface area contributed by atoms with Crippen molar-refractivity contribution in [2.24, 2.45) is 10.7 Å². The Labute approximate surface area is 110 Å². The van der Waals surface area contributed by atoms with Gasteiger partial charge in [0.2, 0.25) is 0 Å². The summed E-state index contributed by atoms with van der Waals surface area (Å²) in [6.45, 7) is 5.81. The number of aliphatic imine (C=N–C) groups is 1. The predicted molar refractivity (Wildman–Crippen MR) is 79.1 cm³/mol. The van der Waals surface area contributed by atoms with Crippen LogP contribution in [0.5, 0.6) is 0 Å². The summed E-state index contributed by atoms with van der Waals surface area (Å²) >= 11 is 0.